The molecule has 5 heteroatoms. The lowest BCUT2D eigenvalue weighted by Crippen LogP contribution is -2.25. The highest BCUT2D eigenvalue weighted by Gasteiger charge is 2.14. The van der Waals surface area contributed by atoms with Gasteiger partial charge in [-0.05, 0) is 19.1 Å². The maximum absolute atomic E-state index is 13.0. The summed E-state index contributed by atoms with van der Waals surface area (Å²) in [6.45, 7) is 1.34. The number of aliphatic carboxylic acids is 1. The predicted molar refractivity (Wildman–Crippen MR) is 47.1 cm³/mol. The molecule has 3 nitrogen and oxygen atoms in total. The van der Waals surface area contributed by atoms with E-state index in [1.54, 1.807) is 0 Å². The van der Waals surface area contributed by atoms with Crippen molar-refractivity contribution in [2.24, 2.45) is 0 Å². The minimum absolute atomic E-state index is 0.153. The largest absolute Gasteiger partial charge is 0.480 e. The van der Waals surface area contributed by atoms with Gasteiger partial charge in [-0.25, -0.2) is 8.78 Å². The summed E-state index contributed by atoms with van der Waals surface area (Å²) in [5.41, 5.74) is -0.153. The monoisotopic (exact) mass is 201 g/mol. The molecule has 0 amide bonds. The van der Waals surface area contributed by atoms with Gasteiger partial charge in [-0.15, -0.1) is 0 Å². The van der Waals surface area contributed by atoms with E-state index in [2.05, 4.69) is 5.32 Å². The molecular weight excluding hydrogens is 192 g/mol. The summed E-state index contributed by atoms with van der Waals surface area (Å²) >= 11 is 0. The summed E-state index contributed by atoms with van der Waals surface area (Å²) < 4.78 is 25.7. The lowest BCUT2D eigenvalue weighted by atomic mass is 10.2. The van der Waals surface area contributed by atoms with Crippen LogP contribution in [0.5, 0.6) is 0 Å². The second kappa shape index (κ2) is 4.04. The Bertz CT molecular complexity index is 355. The van der Waals surface area contributed by atoms with E-state index in [0.29, 0.717) is 0 Å². The van der Waals surface area contributed by atoms with Gasteiger partial charge in [0.05, 0.1) is 5.69 Å². The molecular formula is C9H9F2NO2. The Kier molecular flexibility index (Phi) is 3.01. The topological polar surface area (TPSA) is 49.3 Å². The zero-order chi connectivity index (χ0) is 10.7. The molecule has 1 rings (SSSR count). The van der Waals surface area contributed by atoms with Crippen LogP contribution in [0.3, 0.4) is 0 Å². The molecule has 0 bridgehead atoms. The van der Waals surface area contributed by atoms with Gasteiger partial charge in [-0.3, -0.25) is 4.79 Å². The van der Waals surface area contributed by atoms with Crippen LogP contribution in [-0.2, 0) is 4.79 Å². The fourth-order valence-corrected chi connectivity index (χ4v) is 0.910. The quantitative estimate of drug-likeness (QED) is 0.784. The molecule has 14 heavy (non-hydrogen) atoms. The number of nitrogens with one attached hydrogen (secondary N) is 1. The van der Waals surface area contributed by atoms with E-state index in [0.717, 1.165) is 6.07 Å². The van der Waals surface area contributed by atoms with Gasteiger partial charge in [0.1, 0.15) is 6.04 Å². The standard InChI is InChI=1S/C9H9F2NO2/c1-5(9(13)14)12-7-4-2-3-6(10)8(7)11/h2-5,12H,1H3,(H,13,14). The van der Waals surface area contributed by atoms with Crippen LogP contribution in [-0.4, -0.2) is 17.1 Å². The fraction of sp³-hybridized carbons (Fsp3) is 0.222. The summed E-state index contributed by atoms with van der Waals surface area (Å²) in [6.07, 6.45) is 0. The minimum atomic E-state index is -1.13. The maximum atomic E-state index is 13.0. The number of carboxylic acid groups (broad SMARTS) is 1. The van der Waals surface area contributed by atoms with Crippen molar-refractivity contribution >= 4 is 11.7 Å². The SMILES string of the molecule is CC(Nc1cccc(F)c1F)C(=O)O. The van der Waals surface area contributed by atoms with Gasteiger partial charge < -0.3 is 10.4 Å². The van der Waals surface area contributed by atoms with Crippen molar-refractivity contribution in [2.75, 3.05) is 5.32 Å². The first-order valence-corrected chi connectivity index (χ1v) is 3.95. The molecule has 0 aliphatic carbocycles. The average Bonchev–Trinajstić information content (AvgIpc) is 2.12. The molecule has 1 unspecified atom stereocenters. The first kappa shape index (κ1) is 10.4. The third-order valence-corrected chi connectivity index (χ3v) is 1.69. The summed E-state index contributed by atoms with van der Waals surface area (Å²) in [4.78, 5) is 10.4. The molecule has 1 atom stereocenters. The lowest BCUT2D eigenvalue weighted by molar-refractivity contribution is -0.137. The van der Waals surface area contributed by atoms with Crippen LogP contribution in [0, 0.1) is 11.6 Å². The lowest BCUT2D eigenvalue weighted by Gasteiger charge is -2.11. The summed E-state index contributed by atoms with van der Waals surface area (Å²) in [5, 5.41) is 10.9. The summed E-state index contributed by atoms with van der Waals surface area (Å²) in [6, 6.07) is 2.57. The molecule has 0 radical (unpaired) electrons. The Morgan fingerprint density at radius 1 is 1.50 bits per heavy atom. The van der Waals surface area contributed by atoms with Crippen LogP contribution in [0.2, 0.25) is 0 Å². The van der Waals surface area contributed by atoms with Crippen LogP contribution in [0.15, 0.2) is 18.2 Å². The number of benzene rings is 1. The Morgan fingerprint density at radius 3 is 2.71 bits per heavy atom. The normalized spacial score (nSPS) is 12.2. The molecule has 0 spiro atoms. The number of rotatable bonds is 3. The van der Waals surface area contributed by atoms with E-state index in [-0.39, 0.29) is 5.69 Å². The third kappa shape index (κ3) is 2.18. The molecule has 2 N–H and O–H groups in total. The molecule has 76 valence electrons. The van der Waals surface area contributed by atoms with Gasteiger partial charge >= 0.3 is 5.97 Å². The summed E-state index contributed by atoms with van der Waals surface area (Å²) in [7, 11) is 0. The Morgan fingerprint density at radius 2 is 2.14 bits per heavy atom. The number of carboxylic acids is 1. The van der Waals surface area contributed by atoms with Crippen molar-refractivity contribution in [3.05, 3.63) is 29.8 Å². The molecule has 1 aromatic carbocycles. The smallest absolute Gasteiger partial charge is 0.325 e. The van der Waals surface area contributed by atoms with Crippen LogP contribution in [0.4, 0.5) is 14.5 Å². The second-order valence-corrected chi connectivity index (χ2v) is 2.81. The van der Waals surface area contributed by atoms with Gasteiger partial charge in [-0.1, -0.05) is 6.07 Å². The number of anilines is 1. The van der Waals surface area contributed by atoms with E-state index in [1.165, 1.54) is 19.1 Å². The first-order valence-electron chi connectivity index (χ1n) is 3.95. The highest BCUT2D eigenvalue weighted by Crippen LogP contribution is 2.17. The first-order chi connectivity index (χ1) is 6.52. The fourth-order valence-electron chi connectivity index (χ4n) is 0.910. The zero-order valence-electron chi connectivity index (χ0n) is 7.42. The van der Waals surface area contributed by atoms with Crippen molar-refractivity contribution in [1.29, 1.82) is 0 Å². The number of carbonyl (C=O) groups is 1. The molecule has 0 fully saturated rings. The number of hydrogen-bond acceptors (Lipinski definition) is 2. The molecule has 0 aliphatic rings. The number of hydrogen-bond donors (Lipinski definition) is 2. The van der Waals surface area contributed by atoms with E-state index in [1.807, 2.05) is 0 Å². The van der Waals surface area contributed by atoms with Crippen molar-refractivity contribution in [3.8, 4) is 0 Å². The highest BCUT2D eigenvalue weighted by molar-refractivity contribution is 5.76. The zero-order valence-corrected chi connectivity index (χ0v) is 7.42. The van der Waals surface area contributed by atoms with Crippen LogP contribution in [0.1, 0.15) is 6.92 Å². The predicted octanol–water partition coefficient (Wildman–Crippen LogP) is 1.85. The Labute approximate surface area is 79.4 Å². The van der Waals surface area contributed by atoms with Crippen molar-refractivity contribution < 1.29 is 18.7 Å². The van der Waals surface area contributed by atoms with E-state index >= 15 is 0 Å². The Hall–Kier alpha value is -1.65. The average molecular weight is 201 g/mol. The van der Waals surface area contributed by atoms with Gasteiger partial charge in [0.15, 0.2) is 11.6 Å². The third-order valence-electron chi connectivity index (χ3n) is 1.69. The van der Waals surface area contributed by atoms with Crippen molar-refractivity contribution in [2.45, 2.75) is 13.0 Å². The maximum Gasteiger partial charge on any atom is 0.325 e. The van der Waals surface area contributed by atoms with Crippen LogP contribution >= 0.6 is 0 Å². The minimum Gasteiger partial charge on any atom is -0.480 e. The molecule has 1 aromatic rings. The second-order valence-electron chi connectivity index (χ2n) is 2.81. The van der Waals surface area contributed by atoms with E-state index < -0.39 is 23.6 Å². The van der Waals surface area contributed by atoms with E-state index in [9.17, 15) is 13.6 Å². The van der Waals surface area contributed by atoms with Gasteiger partial charge in [-0.2, -0.15) is 0 Å². The molecule has 0 aliphatic heterocycles. The highest BCUT2D eigenvalue weighted by atomic mass is 19.2. The van der Waals surface area contributed by atoms with Crippen LogP contribution in [0.25, 0.3) is 0 Å². The number of halogens is 2. The van der Waals surface area contributed by atoms with Crippen LogP contribution < -0.4 is 5.32 Å². The van der Waals surface area contributed by atoms with Gasteiger partial charge in [0.2, 0.25) is 0 Å². The van der Waals surface area contributed by atoms with Crippen molar-refractivity contribution in [3.63, 3.8) is 0 Å². The van der Waals surface area contributed by atoms with Gasteiger partial charge in [0, 0.05) is 0 Å². The Balaban J connectivity index is 2.87. The molecule has 0 aromatic heterocycles. The van der Waals surface area contributed by atoms with Gasteiger partial charge in [0.25, 0.3) is 0 Å². The summed E-state index contributed by atoms with van der Waals surface area (Å²) in [5.74, 6) is -3.21. The van der Waals surface area contributed by atoms with E-state index in [4.69, 9.17) is 5.11 Å². The molecule has 0 saturated carbocycles. The molecule has 0 heterocycles. The van der Waals surface area contributed by atoms with Crippen molar-refractivity contribution in [1.82, 2.24) is 0 Å². The molecule has 0 saturated heterocycles.